The molecule has 1 aromatic carbocycles. The van der Waals surface area contributed by atoms with Crippen LogP contribution in [0.4, 0.5) is 11.8 Å². The topological polar surface area (TPSA) is 133 Å². The SMILES string of the molecule is CC(=O)Oc1cccc(CNc2nc(NCC(C)N)nc3c2nnn3C)c1. The summed E-state index contributed by atoms with van der Waals surface area (Å²) in [6.45, 7) is 4.27. The van der Waals surface area contributed by atoms with Crippen LogP contribution in [0.5, 0.6) is 5.75 Å². The van der Waals surface area contributed by atoms with Crippen molar-refractivity contribution in [2.75, 3.05) is 17.2 Å². The maximum absolute atomic E-state index is 11.1. The normalized spacial score (nSPS) is 12.0. The number of hydrogen-bond donors (Lipinski definition) is 3. The number of aromatic nitrogens is 5. The number of nitrogens with two attached hydrogens (primary N) is 1. The molecule has 1 atom stereocenters. The molecule has 0 saturated carbocycles. The summed E-state index contributed by atoms with van der Waals surface area (Å²) in [5, 5.41) is 14.5. The number of fused-ring (bicyclic) bond motifs is 1. The Bertz CT molecular complexity index is 953. The van der Waals surface area contributed by atoms with E-state index < -0.39 is 0 Å². The van der Waals surface area contributed by atoms with E-state index in [1.54, 1.807) is 23.9 Å². The summed E-state index contributed by atoms with van der Waals surface area (Å²) in [6, 6.07) is 7.23. The van der Waals surface area contributed by atoms with Gasteiger partial charge in [-0.3, -0.25) is 4.79 Å². The fourth-order valence-corrected chi connectivity index (χ4v) is 2.44. The zero-order valence-corrected chi connectivity index (χ0v) is 15.4. The Kier molecular flexibility index (Phi) is 5.46. The highest BCUT2D eigenvalue weighted by Gasteiger charge is 2.13. The van der Waals surface area contributed by atoms with Gasteiger partial charge in [0.05, 0.1) is 0 Å². The molecule has 2 heterocycles. The molecule has 4 N–H and O–H groups in total. The second-order valence-electron chi connectivity index (χ2n) is 6.23. The molecule has 0 amide bonds. The number of carbonyl (C=O) groups is 1. The van der Waals surface area contributed by atoms with E-state index in [0.717, 1.165) is 5.56 Å². The van der Waals surface area contributed by atoms with Gasteiger partial charge in [0.15, 0.2) is 17.0 Å². The van der Waals surface area contributed by atoms with Gasteiger partial charge in [-0.15, -0.1) is 5.10 Å². The summed E-state index contributed by atoms with van der Waals surface area (Å²) in [7, 11) is 1.77. The van der Waals surface area contributed by atoms with Gasteiger partial charge in [0.2, 0.25) is 5.95 Å². The van der Waals surface area contributed by atoms with Gasteiger partial charge in [-0.05, 0) is 24.6 Å². The van der Waals surface area contributed by atoms with Crippen molar-refractivity contribution in [2.24, 2.45) is 12.8 Å². The standard InChI is InChI=1S/C17H22N8O2/c1-10(18)8-20-17-21-15(14-16(22-17)25(3)24-23-14)19-9-12-5-4-6-13(7-12)27-11(2)26/h4-7,10H,8-9,18H2,1-3H3,(H2,19,20,21,22). The molecule has 142 valence electrons. The van der Waals surface area contributed by atoms with Crippen LogP contribution < -0.4 is 21.1 Å². The molecule has 0 aliphatic rings. The zero-order valence-electron chi connectivity index (χ0n) is 15.4. The molecular formula is C17H22N8O2. The van der Waals surface area contributed by atoms with E-state index in [4.69, 9.17) is 10.5 Å². The van der Waals surface area contributed by atoms with Crippen molar-refractivity contribution in [2.45, 2.75) is 26.4 Å². The number of nitrogens with one attached hydrogen (secondary N) is 2. The number of ether oxygens (including phenoxy) is 1. The minimum Gasteiger partial charge on any atom is -0.427 e. The third-order valence-corrected chi connectivity index (χ3v) is 3.65. The van der Waals surface area contributed by atoms with Gasteiger partial charge in [0, 0.05) is 33.1 Å². The maximum Gasteiger partial charge on any atom is 0.308 e. The molecule has 3 aromatic rings. The van der Waals surface area contributed by atoms with Gasteiger partial charge in [-0.25, -0.2) is 4.68 Å². The van der Waals surface area contributed by atoms with Crippen molar-refractivity contribution in [1.29, 1.82) is 0 Å². The number of anilines is 2. The molecule has 10 heteroatoms. The minimum atomic E-state index is -0.359. The first-order valence-electron chi connectivity index (χ1n) is 8.50. The van der Waals surface area contributed by atoms with E-state index in [2.05, 4.69) is 30.9 Å². The van der Waals surface area contributed by atoms with Crippen molar-refractivity contribution < 1.29 is 9.53 Å². The number of aryl methyl sites for hydroxylation is 1. The van der Waals surface area contributed by atoms with E-state index in [9.17, 15) is 4.79 Å². The molecule has 0 bridgehead atoms. The molecule has 0 saturated heterocycles. The molecule has 2 aromatic heterocycles. The molecule has 3 rings (SSSR count). The van der Waals surface area contributed by atoms with E-state index in [-0.39, 0.29) is 12.0 Å². The van der Waals surface area contributed by atoms with Gasteiger partial charge in [-0.2, -0.15) is 9.97 Å². The maximum atomic E-state index is 11.1. The highest BCUT2D eigenvalue weighted by atomic mass is 16.5. The average Bonchev–Trinajstić information content (AvgIpc) is 2.99. The van der Waals surface area contributed by atoms with Crippen LogP contribution in [0.2, 0.25) is 0 Å². The van der Waals surface area contributed by atoms with Crippen molar-refractivity contribution in [3.8, 4) is 5.75 Å². The predicted octanol–water partition coefficient (Wildman–Crippen LogP) is 1.05. The Labute approximate surface area is 156 Å². The lowest BCUT2D eigenvalue weighted by molar-refractivity contribution is -0.131. The summed E-state index contributed by atoms with van der Waals surface area (Å²) in [5.74, 6) is 1.13. The van der Waals surface area contributed by atoms with Crippen LogP contribution in [-0.4, -0.2) is 43.5 Å². The largest absolute Gasteiger partial charge is 0.427 e. The lowest BCUT2D eigenvalue weighted by Gasteiger charge is -2.11. The fraction of sp³-hybridized carbons (Fsp3) is 0.353. The van der Waals surface area contributed by atoms with Crippen LogP contribution in [0, 0.1) is 0 Å². The Morgan fingerprint density at radius 1 is 1.33 bits per heavy atom. The molecule has 27 heavy (non-hydrogen) atoms. The second-order valence-corrected chi connectivity index (χ2v) is 6.23. The van der Waals surface area contributed by atoms with Gasteiger partial charge in [0.25, 0.3) is 0 Å². The number of nitrogens with zero attached hydrogens (tertiary/aromatic N) is 5. The van der Waals surface area contributed by atoms with Crippen molar-refractivity contribution >= 4 is 28.9 Å². The predicted molar refractivity (Wildman–Crippen MR) is 101 cm³/mol. The van der Waals surface area contributed by atoms with Gasteiger partial charge < -0.3 is 21.1 Å². The van der Waals surface area contributed by atoms with Gasteiger partial charge >= 0.3 is 5.97 Å². The van der Waals surface area contributed by atoms with Gasteiger partial charge in [0.1, 0.15) is 5.75 Å². The minimum absolute atomic E-state index is 0.0330. The number of benzene rings is 1. The van der Waals surface area contributed by atoms with Crippen molar-refractivity contribution in [3.63, 3.8) is 0 Å². The quantitative estimate of drug-likeness (QED) is 0.412. The van der Waals surface area contributed by atoms with Crippen molar-refractivity contribution in [3.05, 3.63) is 29.8 Å². The molecule has 0 aliphatic carbocycles. The third-order valence-electron chi connectivity index (χ3n) is 3.65. The lowest BCUT2D eigenvalue weighted by Crippen LogP contribution is -2.26. The summed E-state index contributed by atoms with van der Waals surface area (Å²) >= 11 is 0. The molecule has 0 radical (unpaired) electrons. The van der Waals surface area contributed by atoms with Crippen molar-refractivity contribution in [1.82, 2.24) is 25.0 Å². The van der Waals surface area contributed by atoms with Crippen LogP contribution in [0.3, 0.4) is 0 Å². The zero-order chi connectivity index (χ0) is 19.4. The first-order chi connectivity index (χ1) is 12.9. The molecule has 0 fully saturated rings. The second kappa shape index (κ2) is 7.96. The Morgan fingerprint density at radius 2 is 2.15 bits per heavy atom. The van der Waals surface area contributed by atoms with Crippen LogP contribution in [0.15, 0.2) is 24.3 Å². The van der Waals surface area contributed by atoms with Crippen LogP contribution >= 0.6 is 0 Å². The third kappa shape index (κ3) is 4.67. The smallest absolute Gasteiger partial charge is 0.308 e. The molecule has 0 aliphatic heterocycles. The van der Waals surface area contributed by atoms with Crippen LogP contribution in [0.25, 0.3) is 11.2 Å². The number of hydrogen-bond acceptors (Lipinski definition) is 9. The summed E-state index contributed by atoms with van der Waals surface area (Å²) in [6.07, 6.45) is 0. The Morgan fingerprint density at radius 3 is 2.89 bits per heavy atom. The van der Waals surface area contributed by atoms with E-state index in [0.29, 0.717) is 41.8 Å². The van der Waals surface area contributed by atoms with Crippen LogP contribution in [-0.2, 0) is 18.4 Å². The monoisotopic (exact) mass is 370 g/mol. The van der Waals surface area contributed by atoms with E-state index in [1.165, 1.54) is 6.92 Å². The summed E-state index contributed by atoms with van der Waals surface area (Å²) in [4.78, 5) is 20.0. The molecular weight excluding hydrogens is 348 g/mol. The highest BCUT2D eigenvalue weighted by molar-refractivity contribution is 5.83. The van der Waals surface area contributed by atoms with E-state index >= 15 is 0 Å². The Balaban J connectivity index is 1.82. The lowest BCUT2D eigenvalue weighted by atomic mass is 10.2. The number of rotatable bonds is 7. The number of esters is 1. The first-order valence-corrected chi connectivity index (χ1v) is 8.50. The average molecular weight is 370 g/mol. The van der Waals surface area contributed by atoms with E-state index in [1.807, 2.05) is 19.1 Å². The molecule has 10 nitrogen and oxygen atoms in total. The van der Waals surface area contributed by atoms with Crippen LogP contribution in [0.1, 0.15) is 19.4 Å². The highest BCUT2D eigenvalue weighted by Crippen LogP contribution is 2.21. The first kappa shape index (κ1) is 18.5. The van der Waals surface area contributed by atoms with Gasteiger partial charge in [-0.1, -0.05) is 17.3 Å². The molecule has 1 unspecified atom stereocenters. The fourth-order valence-electron chi connectivity index (χ4n) is 2.44. The summed E-state index contributed by atoms with van der Waals surface area (Å²) < 4.78 is 6.70. The summed E-state index contributed by atoms with van der Waals surface area (Å²) in [5.41, 5.74) is 7.88. The number of carbonyl (C=O) groups excluding carboxylic acids is 1. The molecule has 0 spiro atoms. The Hall–Kier alpha value is -3.27.